The van der Waals surface area contributed by atoms with Crippen LogP contribution in [0.1, 0.15) is 78.0 Å². The predicted octanol–water partition coefficient (Wildman–Crippen LogP) is 14.4. The van der Waals surface area contributed by atoms with Gasteiger partial charge >= 0.3 is 6.85 Å². The average Bonchev–Trinajstić information content (AvgIpc) is 3.94. The Hall–Kier alpha value is -6.04. The summed E-state index contributed by atoms with van der Waals surface area (Å²) in [4.78, 5) is 2.69. The van der Waals surface area contributed by atoms with Gasteiger partial charge in [0.15, 0.2) is 0 Å². The Kier molecular flexibility index (Phi) is 6.94. The Bertz CT molecular complexity index is 3520. The second-order valence-corrected chi connectivity index (χ2v) is 21.5. The number of fused-ring (bicyclic) bond motifs is 13. The minimum atomic E-state index is -0.0899. The molecule has 0 N–H and O–H groups in total. The van der Waals surface area contributed by atoms with Crippen LogP contribution < -0.4 is 15.7 Å². The maximum absolute atomic E-state index is 6.60. The molecule has 5 heteroatoms. The molecule has 0 bridgehead atoms. The lowest BCUT2D eigenvalue weighted by atomic mass is 9.43. The Morgan fingerprint density at radius 1 is 0.607 bits per heavy atom. The van der Waals surface area contributed by atoms with Crippen molar-refractivity contribution in [2.45, 2.75) is 77.6 Å². The van der Waals surface area contributed by atoms with Crippen LogP contribution in [0.3, 0.4) is 0 Å². The summed E-state index contributed by atoms with van der Waals surface area (Å²) in [5.41, 5.74) is 19.3. The van der Waals surface area contributed by atoms with Crippen LogP contribution in [0.2, 0.25) is 0 Å². The van der Waals surface area contributed by atoms with Gasteiger partial charge in [-0.1, -0.05) is 121 Å². The fraction of sp³-hybridized carbons (Fsp3) is 0.214. The molecule has 1 aliphatic carbocycles. The molecule has 0 radical (unpaired) electrons. The van der Waals surface area contributed by atoms with E-state index in [0.717, 1.165) is 22.1 Å². The lowest BCUT2D eigenvalue weighted by Gasteiger charge is -2.46. The smallest absolute Gasteiger partial charge is 0.333 e. The molecule has 0 atom stereocenters. The third-order valence-corrected chi connectivity index (χ3v) is 16.0. The fourth-order valence-corrected chi connectivity index (χ4v) is 12.6. The molecule has 7 aromatic carbocycles. The number of aromatic nitrogens is 1. The number of thiophene rings is 1. The zero-order valence-electron chi connectivity index (χ0n) is 35.9. The van der Waals surface area contributed by atoms with Crippen molar-refractivity contribution in [3.8, 4) is 27.9 Å². The first kappa shape index (κ1) is 35.7. The highest BCUT2D eigenvalue weighted by molar-refractivity contribution is 7.25. The molecule has 3 aromatic heterocycles. The summed E-state index contributed by atoms with van der Waals surface area (Å²) in [5, 5.41) is 6.40. The Morgan fingerprint density at radius 2 is 1.34 bits per heavy atom. The first-order valence-corrected chi connectivity index (χ1v) is 22.8. The van der Waals surface area contributed by atoms with Crippen LogP contribution in [0.4, 0.5) is 11.4 Å². The molecule has 10 aromatic rings. The number of hydrogen-bond donors (Lipinski definition) is 0. The van der Waals surface area contributed by atoms with E-state index >= 15 is 0 Å². The van der Waals surface area contributed by atoms with Crippen molar-refractivity contribution in [1.29, 1.82) is 0 Å². The van der Waals surface area contributed by atoms with Crippen molar-refractivity contribution in [1.82, 2.24) is 4.57 Å². The van der Waals surface area contributed by atoms with Crippen LogP contribution in [0, 0.1) is 0 Å². The Balaban J connectivity index is 1.20. The monoisotopic (exact) mass is 806 g/mol. The number of benzene rings is 7. The van der Waals surface area contributed by atoms with Gasteiger partial charge in [-0.3, -0.25) is 0 Å². The lowest BCUT2D eigenvalue weighted by Crippen LogP contribution is -2.60. The SMILES string of the molecule is CC(C)(C)c1ccc(N2B3c4cc5occ(-c6ccccc6)c5cc4-n4c5cc6c(cc5c5ccc(c3c54)-c3cc4c(cc32)C(C)(C)CCC4(C)C)sc2ccccc26)cc1. The first-order chi connectivity index (χ1) is 29.4. The molecule has 2 aliphatic heterocycles. The number of furan rings is 1. The summed E-state index contributed by atoms with van der Waals surface area (Å²) in [5.74, 6) is 0. The number of anilines is 2. The van der Waals surface area contributed by atoms with Crippen LogP contribution >= 0.6 is 11.3 Å². The Morgan fingerprint density at radius 3 is 2.11 bits per heavy atom. The molecule has 0 saturated carbocycles. The van der Waals surface area contributed by atoms with Crippen molar-refractivity contribution in [3.05, 3.63) is 150 Å². The van der Waals surface area contributed by atoms with E-state index in [1.165, 1.54) is 111 Å². The normalized spacial score (nSPS) is 16.2. The van der Waals surface area contributed by atoms with Gasteiger partial charge in [0.05, 0.1) is 17.3 Å². The summed E-state index contributed by atoms with van der Waals surface area (Å²) in [7, 11) is 0. The van der Waals surface area contributed by atoms with E-state index < -0.39 is 0 Å². The van der Waals surface area contributed by atoms with E-state index in [0.29, 0.717) is 0 Å². The number of nitrogens with zero attached hydrogens (tertiary/aromatic N) is 2. The minimum Gasteiger partial charge on any atom is -0.464 e. The number of hydrogen-bond acceptors (Lipinski definition) is 3. The molecule has 3 aliphatic rings. The van der Waals surface area contributed by atoms with Crippen molar-refractivity contribution in [2.24, 2.45) is 0 Å². The van der Waals surface area contributed by atoms with E-state index in [1.807, 2.05) is 17.6 Å². The van der Waals surface area contributed by atoms with Crippen LogP contribution in [0.5, 0.6) is 0 Å². The summed E-state index contributed by atoms with van der Waals surface area (Å²) in [6.07, 6.45) is 4.31. The quantitative estimate of drug-likeness (QED) is 0.162. The molecular weight excluding hydrogens is 760 g/mol. The van der Waals surface area contributed by atoms with Crippen LogP contribution in [0.25, 0.3) is 80.9 Å². The van der Waals surface area contributed by atoms with Gasteiger partial charge in [0.1, 0.15) is 5.58 Å². The zero-order chi connectivity index (χ0) is 41.3. The second kappa shape index (κ2) is 11.9. The molecule has 0 fully saturated rings. The van der Waals surface area contributed by atoms with Crippen LogP contribution in [0.15, 0.2) is 138 Å². The summed E-state index contributed by atoms with van der Waals surface area (Å²) < 4.78 is 11.9. The highest BCUT2D eigenvalue weighted by Gasteiger charge is 2.46. The van der Waals surface area contributed by atoms with Gasteiger partial charge in [-0.25, -0.2) is 0 Å². The molecule has 296 valence electrons. The van der Waals surface area contributed by atoms with Crippen LogP contribution in [-0.2, 0) is 16.2 Å². The molecule has 0 spiro atoms. The maximum atomic E-state index is 6.60. The molecule has 61 heavy (non-hydrogen) atoms. The van der Waals surface area contributed by atoms with Crippen LogP contribution in [-0.4, -0.2) is 11.4 Å². The lowest BCUT2D eigenvalue weighted by molar-refractivity contribution is 0.332. The summed E-state index contributed by atoms with van der Waals surface area (Å²) in [6, 6.07) is 48.9. The fourth-order valence-electron chi connectivity index (χ4n) is 11.4. The third-order valence-electron chi connectivity index (χ3n) is 14.9. The maximum Gasteiger partial charge on any atom is 0.333 e. The van der Waals surface area contributed by atoms with Crippen molar-refractivity contribution in [3.63, 3.8) is 0 Å². The van der Waals surface area contributed by atoms with Gasteiger partial charge in [-0.2, -0.15) is 0 Å². The molecule has 5 heterocycles. The molecule has 0 amide bonds. The predicted molar refractivity (Wildman–Crippen MR) is 262 cm³/mol. The third kappa shape index (κ3) is 4.82. The molecular formula is C56H47BN2OS. The minimum absolute atomic E-state index is 0.0462. The standard InChI is InChI=1S/C56H47BN2OS/c1-54(2,3)33-17-19-34(20-18-33)59-47-29-44-43(55(4,5)23-24-56(44,6)7)25-38(47)36-21-22-37-39-28-51-41(35-15-11-12-16-50(35)61-51)27-46(39)58-48-26-40-42(32-13-9-8-10-14-32)31-60-49(40)30-45(48)57(59)52(36)53(37)58/h8-22,25-31H,23-24H2,1-7H3. The van der Waals surface area contributed by atoms with Crippen molar-refractivity contribution >= 4 is 93.4 Å². The number of rotatable bonds is 2. The second-order valence-electron chi connectivity index (χ2n) is 20.4. The molecule has 3 nitrogen and oxygen atoms in total. The van der Waals surface area contributed by atoms with Gasteiger partial charge in [0.25, 0.3) is 0 Å². The van der Waals surface area contributed by atoms with Crippen molar-refractivity contribution in [2.75, 3.05) is 4.81 Å². The first-order valence-electron chi connectivity index (χ1n) is 22.0. The largest absolute Gasteiger partial charge is 0.464 e. The van der Waals surface area contributed by atoms with Gasteiger partial charge in [-0.15, -0.1) is 11.3 Å². The van der Waals surface area contributed by atoms with Gasteiger partial charge in [-0.05, 0) is 122 Å². The highest BCUT2D eigenvalue weighted by Crippen LogP contribution is 2.53. The average molecular weight is 807 g/mol. The molecule has 0 unspecified atom stereocenters. The van der Waals surface area contributed by atoms with E-state index in [9.17, 15) is 0 Å². The Labute approximate surface area is 361 Å². The van der Waals surface area contributed by atoms with Gasteiger partial charge < -0.3 is 13.8 Å². The van der Waals surface area contributed by atoms with E-state index in [2.05, 4.69) is 185 Å². The van der Waals surface area contributed by atoms with E-state index in [-0.39, 0.29) is 23.1 Å². The summed E-state index contributed by atoms with van der Waals surface area (Å²) in [6.45, 7) is 16.7. The van der Waals surface area contributed by atoms with Gasteiger partial charge in [0.2, 0.25) is 0 Å². The van der Waals surface area contributed by atoms with E-state index in [4.69, 9.17) is 4.42 Å². The molecule has 0 saturated heterocycles. The highest BCUT2D eigenvalue weighted by atomic mass is 32.1. The topological polar surface area (TPSA) is 21.3 Å². The van der Waals surface area contributed by atoms with E-state index in [1.54, 1.807) is 0 Å². The van der Waals surface area contributed by atoms with Crippen molar-refractivity contribution < 1.29 is 4.42 Å². The summed E-state index contributed by atoms with van der Waals surface area (Å²) >= 11 is 1.90. The zero-order valence-corrected chi connectivity index (χ0v) is 36.7. The molecule has 13 rings (SSSR count). The van der Waals surface area contributed by atoms with Gasteiger partial charge in [0, 0.05) is 64.5 Å².